The van der Waals surface area contributed by atoms with Gasteiger partial charge in [0.2, 0.25) is 0 Å². The molecular formula is C19H25FN4OS. The molecule has 7 heteroatoms. The summed E-state index contributed by atoms with van der Waals surface area (Å²) in [7, 11) is 1.75. The lowest BCUT2D eigenvalue weighted by molar-refractivity contribution is 0.275. The largest absolute Gasteiger partial charge is 0.392 e. The molecule has 1 saturated heterocycles. The van der Waals surface area contributed by atoms with Crippen LogP contribution in [0, 0.1) is 5.82 Å². The number of hydrogen-bond acceptors (Lipinski definition) is 4. The normalized spacial score (nSPS) is 16.0. The van der Waals surface area contributed by atoms with Gasteiger partial charge in [-0.15, -0.1) is 11.3 Å². The van der Waals surface area contributed by atoms with E-state index in [1.165, 1.54) is 11.1 Å². The number of anilines is 1. The second-order valence-corrected chi connectivity index (χ2v) is 7.29. The number of halogens is 1. The van der Waals surface area contributed by atoms with E-state index in [1.807, 2.05) is 0 Å². The number of hydrogen-bond donors (Lipinski definition) is 3. The van der Waals surface area contributed by atoms with Gasteiger partial charge in [0, 0.05) is 38.3 Å². The van der Waals surface area contributed by atoms with Crippen molar-refractivity contribution in [2.45, 2.75) is 32.0 Å². The number of nitrogens with one attached hydrogen (secondary N) is 2. The van der Waals surface area contributed by atoms with Crippen molar-refractivity contribution in [3.05, 3.63) is 52.7 Å². The fraction of sp³-hybridized carbons (Fsp3) is 0.421. The number of aliphatic imine (C=N–C) groups is 1. The van der Waals surface area contributed by atoms with Crippen molar-refractivity contribution < 1.29 is 9.50 Å². The standard InChI is InChI=1S/C19H25FN4OS/c1-21-19(22-12-14-4-5-17(20)15(11-14)13-25)23-16-6-8-24(9-7-16)18-3-2-10-26-18/h2-5,10-11,16,25H,6-9,12-13H2,1H3,(H2,21,22,23). The van der Waals surface area contributed by atoms with Crippen molar-refractivity contribution in [2.75, 3.05) is 25.0 Å². The molecule has 1 aromatic carbocycles. The highest BCUT2D eigenvalue weighted by molar-refractivity contribution is 7.14. The molecule has 1 fully saturated rings. The lowest BCUT2D eigenvalue weighted by Crippen LogP contribution is -2.48. The van der Waals surface area contributed by atoms with Crippen LogP contribution in [-0.2, 0) is 13.2 Å². The van der Waals surface area contributed by atoms with Gasteiger partial charge in [0.25, 0.3) is 0 Å². The third-order valence-corrected chi connectivity index (χ3v) is 5.55. The summed E-state index contributed by atoms with van der Waals surface area (Å²) in [6, 6.07) is 9.43. The van der Waals surface area contributed by atoms with Crippen LogP contribution >= 0.6 is 11.3 Å². The topological polar surface area (TPSA) is 59.9 Å². The maximum absolute atomic E-state index is 13.5. The Morgan fingerprint density at radius 1 is 1.35 bits per heavy atom. The molecule has 2 aromatic rings. The van der Waals surface area contributed by atoms with E-state index in [9.17, 15) is 9.50 Å². The fourth-order valence-corrected chi connectivity index (χ4v) is 3.91. The molecule has 0 spiro atoms. The Bertz CT molecular complexity index is 727. The molecule has 1 aliphatic rings. The Morgan fingerprint density at radius 3 is 2.81 bits per heavy atom. The van der Waals surface area contributed by atoms with E-state index < -0.39 is 0 Å². The number of benzene rings is 1. The number of aliphatic hydroxyl groups is 1. The van der Waals surface area contributed by atoms with E-state index in [-0.39, 0.29) is 12.4 Å². The summed E-state index contributed by atoms with van der Waals surface area (Å²) in [5.74, 6) is 0.366. The van der Waals surface area contributed by atoms with Crippen LogP contribution < -0.4 is 15.5 Å². The summed E-state index contributed by atoms with van der Waals surface area (Å²) in [6.07, 6.45) is 2.12. The second kappa shape index (κ2) is 9.00. The van der Waals surface area contributed by atoms with Crippen molar-refractivity contribution in [2.24, 2.45) is 4.99 Å². The summed E-state index contributed by atoms with van der Waals surface area (Å²) in [6.45, 7) is 2.30. The van der Waals surface area contributed by atoms with Gasteiger partial charge in [-0.25, -0.2) is 4.39 Å². The smallest absolute Gasteiger partial charge is 0.191 e. The summed E-state index contributed by atoms with van der Waals surface area (Å²) >= 11 is 1.78. The van der Waals surface area contributed by atoms with Crippen LogP contribution in [0.2, 0.25) is 0 Å². The zero-order valence-corrected chi connectivity index (χ0v) is 15.7. The molecule has 0 atom stereocenters. The molecule has 0 radical (unpaired) electrons. The Balaban J connectivity index is 1.48. The second-order valence-electron chi connectivity index (χ2n) is 6.37. The van der Waals surface area contributed by atoms with E-state index in [0.29, 0.717) is 18.2 Å². The van der Waals surface area contributed by atoms with E-state index in [4.69, 9.17) is 0 Å². The number of aliphatic hydroxyl groups excluding tert-OH is 1. The van der Waals surface area contributed by atoms with Gasteiger partial charge in [0.1, 0.15) is 5.82 Å². The SMILES string of the molecule is CN=C(NCc1ccc(F)c(CO)c1)NC1CCN(c2cccs2)CC1. The first kappa shape index (κ1) is 18.7. The maximum atomic E-state index is 13.5. The van der Waals surface area contributed by atoms with Gasteiger partial charge in [-0.3, -0.25) is 4.99 Å². The molecule has 1 aliphatic heterocycles. The van der Waals surface area contributed by atoms with E-state index in [1.54, 1.807) is 30.5 Å². The average Bonchev–Trinajstić information content (AvgIpc) is 3.21. The Labute approximate surface area is 157 Å². The van der Waals surface area contributed by atoms with Crippen molar-refractivity contribution in [3.8, 4) is 0 Å². The lowest BCUT2D eigenvalue weighted by Gasteiger charge is -2.33. The minimum atomic E-state index is -0.378. The first-order chi connectivity index (χ1) is 12.7. The van der Waals surface area contributed by atoms with Gasteiger partial charge in [0.15, 0.2) is 5.96 Å². The van der Waals surface area contributed by atoms with E-state index >= 15 is 0 Å². The predicted molar refractivity (Wildman–Crippen MR) is 105 cm³/mol. The highest BCUT2D eigenvalue weighted by atomic mass is 32.1. The molecule has 0 bridgehead atoms. The van der Waals surface area contributed by atoms with Crippen LogP contribution in [-0.4, -0.2) is 37.2 Å². The highest BCUT2D eigenvalue weighted by Gasteiger charge is 2.20. The van der Waals surface area contributed by atoms with E-state index in [0.717, 1.165) is 37.5 Å². The van der Waals surface area contributed by atoms with Crippen LogP contribution in [0.4, 0.5) is 9.39 Å². The van der Waals surface area contributed by atoms with Crippen LogP contribution in [0.5, 0.6) is 0 Å². The molecule has 1 aromatic heterocycles. The molecule has 26 heavy (non-hydrogen) atoms. The van der Waals surface area contributed by atoms with E-state index in [2.05, 4.69) is 38.0 Å². The number of guanidine groups is 1. The minimum Gasteiger partial charge on any atom is -0.392 e. The molecule has 5 nitrogen and oxygen atoms in total. The number of thiophene rings is 1. The minimum absolute atomic E-state index is 0.296. The molecule has 3 rings (SSSR count). The summed E-state index contributed by atoms with van der Waals surface area (Å²) in [4.78, 5) is 6.71. The van der Waals surface area contributed by atoms with Crippen LogP contribution in [0.1, 0.15) is 24.0 Å². The van der Waals surface area contributed by atoms with Gasteiger partial charge in [-0.1, -0.05) is 6.07 Å². The molecular weight excluding hydrogens is 351 g/mol. The highest BCUT2D eigenvalue weighted by Crippen LogP contribution is 2.24. The Morgan fingerprint density at radius 2 is 2.15 bits per heavy atom. The molecule has 0 aliphatic carbocycles. The van der Waals surface area contributed by atoms with Crippen LogP contribution in [0.25, 0.3) is 0 Å². The first-order valence-electron chi connectivity index (χ1n) is 8.83. The molecule has 0 saturated carbocycles. The zero-order chi connectivity index (χ0) is 18.4. The lowest BCUT2D eigenvalue weighted by atomic mass is 10.1. The van der Waals surface area contributed by atoms with Crippen molar-refractivity contribution in [1.82, 2.24) is 10.6 Å². The zero-order valence-electron chi connectivity index (χ0n) is 14.9. The van der Waals surface area contributed by atoms with Gasteiger partial charge in [-0.2, -0.15) is 0 Å². The monoisotopic (exact) mass is 376 g/mol. The molecule has 3 N–H and O–H groups in total. The summed E-state index contributed by atoms with van der Waals surface area (Å²) in [5, 5.41) is 19.4. The summed E-state index contributed by atoms with van der Waals surface area (Å²) in [5.41, 5.74) is 1.22. The maximum Gasteiger partial charge on any atom is 0.191 e. The quantitative estimate of drug-likeness (QED) is 0.555. The van der Waals surface area contributed by atoms with Gasteiger partial charge in [-0.05, 0) is 48.1 Å². The Hall–Kier alpha value is -2.12. The number of nitrogens with zero attached hydrogens (tertiary/aromatic N) is 2. The molecule has 0 unspecified atom stereocenters. The predicted octanol–water partition coefficient (Wildman–Crippen LogP) is 2.71. The van der Waals surface area contributed by atoms with Gasteiger partial charge < -0.3 is 20.6 Å². The van der Waals surface area contributed by atoms with Crippen LogP contribution in [0.15, 0.2) is 40.7 Å². The van der Waals surface area contributed by atoms with Crippen molar-refractivity contribution >= 4 is 22.3 Å². The Kier molecular flexibility index (Phi) is 6.46. The average molecular weight is 377 g/mol. The van der Waals surface area contributed by atoms with Gasteiger partial charge >= 0.3 is 0 Å². The molecule has 2 heterocycles. The summed E-state index contributed by atoms with van der Waals surface area (Å²) < 4.78 is 13.5. The molecule has 0 amide bonds. The fourth-order valence-electron chi connectivity index (χ4n) is 3.13. The number of piperidine rings is 1. The third-order valence-electron chi connectivity index (χ3n) is 4.62. The number of rotatable bonds is 5. The van der Waals surface area contributed by atoms with Crippen molar-refractivity contribution in [1.29, 1.82) is 0 Å². The van der Waals surface area contributed by atoms with Crippen LogP contribution in [0.3, 0.4) is 0 Å². The third kappa shape index (κ3) is 4.74. The first-order valence-corrected chi connectivity index (χ1v) is 9.71. The van der Waals surface area contributed by atoms with Gasteiger partial charge in [0.05, 0.1) is 11.6 Å². The van der Waals surface area contributed by atoms with Crippen molar-refractivity contribution in [3.63, 3.8) is 0 Å². The molecule has 140 valence electrons.